The van der Waals surface area contributed by atoms with Crippen molar-refractivity contribution in [2.75, 3.05) is 0 Å². The molecule has 0 aliphatic carbocycles. The minimum Gasteiger partial charge on any atom is -0.270 e. The standard InChI is InChI=1S/C21H15F3N2S/c1-13-6-8-15(9-7-13)27-26-12-19(18-10-14(22)11-25-21(18)26)16-4-2-3-5-17(16)20(23)24/h2-12,20H,1H3. The van der Waals surface area contributed by atoms with Gasteiger partial charge in [-0.25, -0.2) is 18.2 Å². The Kier molecular flexibility index (Phi) is 4.66. The molecule has 0 amide bonds. The van der Waals surface area contributed by atoms with Crippen LogP contribution in [-0.4, -0.2) is 8.96 Å². The number of benzene rings is 2. The van der Waals surface area contributed by atoms with Gasteiger partial charge in [0, 0.05) is 27.6 Å². The van der Waals surface area contributed by atoms with Gasteiger partial charge in [-0.1, -0.05) is 42.0 Å². The molecule has 0 aliphatic rings. The van der Waals surface area contributed by atoms with Crippen molar-refractivity contribution in [3.63, 3.8) is 0 Å². The van der Waals surface area contributed by atoms with Gasteiger partial charge in [-0.2, -0.15) is 0 Å². The Balaban J connectivity index is 1.89. The van der Waals surface area contributed by atoms with Crippen molar-refractivity contribution in [1.29, 1.82) is 0 Å². The van der Waals surface area contributed by atoms with E-state index in [1.807, 2.05) is 31.2 Å². The molecule has 2 aromatic carbocycles. The van der Waals surface area contributed by atoms with E-state index in [4.69, 9.17) is 0 Å². The molecule has 0 aliphatic heterocycles. The third-order valence-electron chi connectivity index (χ3n) is 4.29. The molecule has 4 rings (SSSR count). The molecule has 0 atom stereocenters. The Morgan fingerprint density at radius 2 is 1.74 bits per heavy atom. The Morgan fingerprint density at radius 3 is 2.48 bits per heavy atom. The monoisotopic (exact) mass is 384 g/mol. The van der Waals surface area contributed by atoms with Crippen molar-refractivity contribution < 1.29 is 13.2 Å². The fourth-order valence-corrected chi connectivity index (χ4v) is 3.86. The number of aromatic nitrogens is 2. The Morgan fingerprint density at radius 1 is 1.00 bits per heavy atom. The summed E-state index contributed by atoms with van der Waals surface area (Å²) in [6.45, 7) is 2.00. The Hall–Kier alpha value is -2.73. The zero-order chi connectivity index (χ0) is 19.0. The average molecular weight is 384 g/mol. The Bertz CT molecular complexity index is 1100. The van der Waals surface area contributed by atoms with Crippen LogP contribution < -0.4 is 0 Å². The highest BCUT2D eigenvalue weighted by Gasteiger charge is 2.19. The van der Waals surface area contributed by atoms with Crippen LogP contribution in [0.2, 0.25) is 0 Å². The van der Waals surface area contributed by atoms with Gasteiger partial charge < -0.3 is 0 Å². The van der Waals surface area contributed by atoms with Gasteiger partial charge in [0.15, 0.2) is 5.65 Å². The summed E-state index contributed by atoms with van der Waals surface area (Å²) < 4.78 is 42.6. The van der Waals surface area contributed by atoms with E-state index in [9.17, 15) is 13.2 Å². The normalized spacial score (nSPS) is 11.4. The fourth-order valence-electron chi connectivity index (χ4n) is 2.98. The second kappa shape index (κ2) is 7.12. The van der Waals surface area contributed by atoms with E-state index < -0.39 is 12.2 Å². The SMILES string of the molecule is Cc1ccc(Sn2cc(-c3ccccc3C(F)F)c3cc(F)cnc32)cc1. The molecule has 27 heavy (non-hydrogen) atoms. The molecule has 6 heteroatoms. The third-order valence-corrected chi connectivity index (χ3v) is 5.25. The maximum atomic E-state index is 13.8. The lowest BCUT2D eigenvalue weighted by Gasteiger charge is -2.07. The zero-order valence-corrected chi connectivity index (χ0v) is 15.2. The van der Waals surface area contributed by atoms with Crippen LogP contribution >= 0.6 is 11.9 Å². The molecule has 0 saturated heterocycles. The second-order valence-corrected chi connectivity index (χ2v) is 7.23. The zero-order valence-electron chi connectivity index (χ0n) is 14.4. The quantitative estimate of drug-likeness (QED) is 0.392. The molecule has 2 aromatic heterocycles. The molecule has 0 fully saturated rings. The van der Waals surface area contributed by atoms with Crippen molar-refractivity contribution in [3.8, 4) is 11.1 Å². The molecule has 0 N–H and O–H groups in total. The lowest BCUT2D eigenvalue weighted by atomic mass is 10.00. The van der Waals surface area contributed by atoms with Crippen LogP contribution in [0.4, 0.5) is 13.2 Å². The topological polar surface area (TPSA) is 17.8 Å². The lowest BCUT2D eigenvalue weighted by molar-refractivity contribution is 0.152. The summed E-state index contributed by atoms with van der Waals surface area (Å²) in [7, 11) is 0. The predicted octanol–water partition coefficient (Wildman–Crippen LogP) is 6.64. The molecule has 0 bridgehead atoms. The van der Waals surface area contributed by atoms with Gasteiger partial charge in [0.2, 0.25) is 0 Å². The van der Waals surface area contributed by atoms with Crippen molar-refractivity contribution >= 4 is 23.0 Å². The molecule has 0 radical (unpaired) electrons. The highest BCUT2D eigenvalue weighted by molar-refractivity contribution is 7.98. The van der Waals surface area contributed by atoms with Crippen LogP contribution in [0.1, 0.15) is 17.6 Å². The van der Waals surface area contributed by atoms with Gasteiger partial charge in [0.05, 0.1) is 6.20 Å². The molecule has 0 spiro atoms. The lowest BCUT2D eigenvalue weighted by Crippen LogP contribution is -1.89. The van der Waals surface area contributed by atoms with Crippen LogP contribution in [0.5, 0.6) is 0 Å². The summed E-state index contributed by atoms with van der Waals surface area (Å²) in [6, 6.07) is 15.6. The number of rotatable bonds is 4. The number of hydrogen-bond acceptors (Lipinski definition) is 2. The van der Waals surface area contributed by atoms with Crippen molar-refractivity contribution in [2.24, 2.45) is 0 Å². The van der Waals surface area contributed by atoms with E-state index in [0.717, 1.165) is 16.7 Å². The number of fused-ring (bicyclic) bond motifs is 1. The predicted molar refractivity (Wildman–Crippen MR) is 103 cm³/mol. The second-order valence-electron chi connectivity index (χ2n) is 6.19. The maximum absolute atomic E-state index is 13.8. The summed E-state index contributed by atoms with van der Waals surface area (Å²) in [5.41, 5.74) is 2.51. The van der Waals surface area contributed by atoms with Gasteiger partial charge in [0.1, 0.15) is 5.82 Å². The molecule has 0 saturated carbocycles. The van der Waals surface area contributed by atoms with Crippen molar-refractivity contribution in [2.45, 2.75) is 18.2 Å². The van der Waals surface area contributed by atoms with Gasteiger partial charge in [-0.3, -0.25) is 3.97 Å². The van der Waals surface area contributed by atoms with E-state index in [0.29, 0.717) is 22.2 Å². The first-order valence-corrected chi connectivity index (χ1v) is 9.09. The summed E-state index contributed by atoms with van der Waals surface area (Å²) in [6.07, 6.45) is 0.256. The first kappa shape index (κ1) is 17.7. The number of hydrogen-bond donors (Lipinski definition) is 0. The first-order chi connectivity index (χ1) is 13.0. The molecular formula is C21H15F3N2S. The minimum atomic E-state index is -2.62. The number of halogens is 3. The molecule has 136 valence electrons. The van der Waals surface area contributed by atoms with Gasteiger partial charge in [-0.05, 0) is 42.6 Å². The summed E-state index contributed by atoms with van der Waals surface area (Å²) in [5.74, 6) is -0.503. The van der Waals surface area contributed by atoms with E-state index in [2.05, 4.69) is 4.98 Å². The largest absolute Gasteiger partial charge is 0.270 e. The Labute approximate surface area is 158 Å². The number of aryl methyl sites for hydroxylation is 1. The maximum Gasteiger partial charge on any atom is 0.264 e. The molecule has 0 unspecified atom stereocenters. The summed E-state index contributed by atoms with van der Waals surface area (Å²) in [5, 5.41) is 0.503. The molecular weight excluding hydrogens is 369 g/mol. The van der Waals surface area contributed by atoms with Crippen molar-refractivity contribution in [1.82, 2.24) is 8.96 Å². The van der Waals surface area contributed by atoms with Gasteiger partial charge in [-0.15, -0.1) is 0 Å². The van der Waals surface area contributed by atoms with E-state index in [-0.39, 0.29) is 5.56 Å². The highest BCUT2D eigenvalue weighted by atomic mass is 32.2. The smallest absolute Gasteiger partial charge is 0.264 e. The fraction of sp³-hybridized carbons (Fsp3) is 0.0952. The van der Waals surface area contributed by atoms with Crippen LogP contribution in [0, 0.1) is 12.7 Å². The van der Waals surface area contributed by atoms with Gasteiger partial charge in [0.25, 0.3) is 6.43 Å². The molecule has 4 aromatic rings. The first-order valence-electron chi connectivity index (χ1n) is 8.32. The van der Waals surface area contributed by atoms with E-state index >= 15 is 0 Å². The van der Waals surface area contributed by atoms with Crippen LogP contribution in [0.25, 0.3) is 22.2 Å². The van der Waals surface area contributed by atoms with Gasteiger partial charge >= 0.3 is 0 Å². The molecule has 2 nitrogen and oxygen atoms in total. The minimum absolute atomic E-state index is 0.0823. The summed E-state index contributed by atoms with van der Waals surface area (Å²) in [4.78, 5) is 5.16. The highest BCUT2D eigenvalue weighted by Crippen LogP contribution is 2.38. The van der Waals surface area contributed by atoms with E-state index in [1.54, 1.807) is 28.4 Å². The molecule has 2 heterocycles. The third kappa shape index (κ3) is 3.45. The number of pyridine rings is 1. The number of nitrogens with zero attached hydrogens (tertiary/aromatic N) is 2. The van der Waals surface area contributed by atoms with Crippen LogP contribution in [0.15, 0.2) is 71.9 Å². The summed E-state index contributed by atoms with van der Waals surface area (Å²) >= 11 is 1.41. The average Bonchev–Trinajstić information content (AvgIpc) is 3.01. The van der Waals surface area contributed by atoms with Crippen LogP contribution in [-0.2, 0) is 0 Å². The number of alkyl halides is 2. The van der Waals surface area contributed by atoms with Crippen molar-refractivity contribution in [3.05, 3.63) is 83.9 Å². The van der Waals surface area contributed by atoms with E-state index in [1.165, 1.54) is 24.1 Å². The van der Waals surface area contributed by atoms with Crippen LogP contribution in [0.3, 0.4) is 0 Å².